The highest BCUT2D eigenvalue weighted by molar-refractivity contribution is 6.30. The second-order valence-electron chi connectivity index (χ2n) is 2.69. The maximum atomic E-state index is 12.3. The number of benzene rings is 1. The van der Waals surface area contributed by atoms with Crippen LogP contribution in [0.2, 0.25) is 5.02 Å². The first kappa shape index (κ1) is 11.3. The van der Waals surface area contributed by atoms with E-state index >= 15 is 0 Å². The zero-order valence-electron chi connectivity index (χ0n) is 6.98. The predicted molar refractivity (Wildman–Crippen MR) is 47.6 cm³/mol. The Morgan fingerprint density at radius 2 is 1.71 bits per heavy atom. The summed E-state index contributed by atoms with van der Waals surface area (Å²) in [5.74, 6) is 4.83. The molecule has 1 rings (SSSR count). The van der Waals surface area contributed by atoms with Crippen LogP contribution in [0.3, 0.4) is 0 Å². The topological polar surface area (TPSA) is 38.0 Å². The zero-order chi connectivity index (χ0) is 10.8. The molecule has 0 fully saturated rings. The number of nitrogens with one attached hydrogen (secondary N) is 1. The lowest BCUT2D eigenvalue weighted by Gasteiger charge is -2.19. The highest BCUT2D eigenvalue weighted by Gasteiger charge is 2.39. The van der Waals surface area contributed by atoms with Crippen LogP contribution < -0.4 is 11.3 Å². The maximum Gasteiger partial charge on any atom is 0.409 e. The van der Waals surface area contributed by atoms with Crippen molar-refractivity contribution in [3.05, 3.63) is 34.9 Å². The summed E-state index contributed by atoms with van der Waals surface area (Å²) in [5.41, 5.74) is 1.74. The number of hydrogen-bond acceptors (Lipinski definition) is 2. The van der Waals surface area contributed by atoms with E-state index in [0.717, 1.165) is 0 Å². The summed E-state index contributed by atoms with van der Waals surface area (Å²) in [4.78, 5) is 0. The smallest absolute Gasteiger partial charge is 0.271 e. The number of halogens is 4. The molecule has 0 bridgehead atoms. The summed E-state index contributed by atoms with van der Waals surface area (Å²) in [6, 6.07) is 3.46. The molecule has 14 heavy (non-hydrogen) atoms. The largest absolute Gasteiger partial charge is 0.409 e. The van der Waals surface area contributed by atoms with Gasteiger partial charge in [0.1, 0.15) is 6.04 Å². The van der Waals surface area contributed by atoms with Gasteiger partial charge in [-0.05, 0) is 17.7 Å². The summed E-state index contributed by atoms with van der Waals surface area (Å²) in [5, 5.41) is 0.381. The predicted octanol–water partition coefficient (Wildman–Crippen LogP) is 2.41. The molecule has 0 radical (unpaired) electrons. The fraction of sp³-hybridized carbons (Fsp3) is 0.250. The van der Waals surface area contributed by atoms with E-state index in [1.54, 1.807) is 5.43 Å². The van der Waals surface area contributed by atoms with Gasteiger partial charge in [0.25, 0.3) is 0 Å². The van der Waals surface area contributed by atoms with Crippen LogP contribution >= 0.6 is 11.6 Å². The van der Waals surface area contributed by atoms with Crippen molar-refractivity contribution >= 4 is 11.6 Å². The number of rotatable bonds is 2. The van der Waals surface area contributed by atoms with Gasteiger partial charge in [-0.25, -0.2) is 5.43 Å². The molecule has 0 aliphatic heterocycles. The van der Waals surface area contributed by atoms with Gasteiger partial charge in [0.15, 0.2) is 0 Å². The van der Waals surface area contributed by atoms with Crippen LogP contribution in [0.15, 0.2) is 24.3 Å². The van der Waals surface area contributed by atoms with Gasteiger partial charge in [-0.3, -0.25) is 5.84 Å². The van der Waals surface area contributed by atoms with Gasteiger partial charge in [-0.1, -0.05) is 23.7 Å². The second-order valence-corrected chi connectivity index (χ2v) is 3.13. The van der Waals surface area contributed by atoms with E-state index in [2.05, 4.69) is 0 Å². The van der Waals surface area contributed by atoms with E-state index in [1.165, 1.54) is 24.3 Å². The second kappa shape index (κ2) is 4.16. The molecular formula is C8H8ClF3N2. The molecule has 0 heterocycles. The van der Waals surface area contributed by atoms with Crippen molar-refractivity contribution in [3.8, 4) is 0 Å². The number of alkyl halides is 3. The third kappa shape index (κ3) is 2.60. The first-order valence-electron chi connectivity index (χ1n) is 3.73. The van der Waals surface area contributed by atoms with Crippen molar-refractivity contribution in [2.24, 2.45) is 5.84 Å². The van der Waals surface area contributed by atoms with E-state index < -0.39 is 12.2 Å². The Labute approximate surface area is 83.8 Å². The van der Waals surface area contributed by atoms with Gasteiger partial charge in [0.2, 0.25) is 0 Å². The van der Waals surface area contributed by atoms with Crippen molar-refractivity contribution in [1.82, 2.24) is 5.43 Å². The highest BCUT2D eigenvalue weighted by Crippen LogP contribution is 2.32. The first-order chi connectivity index (χ1) is 6.45. The lowest BCUT2D eigenvalue weighted by atomic mass is 10.1. The Morgan fingerprint density at radius 1 is 1.21 bits per heavy atom. The summed E-state index contributed by atoms with van der Waals surface area (Å²) in [6.07, 6.45) is -4.41. The van der Waals surface area contributed by atoms with Crippen molar-refractivity contribution in [2.45, 2.75) is 12.2 Å². The van der Waals surface area contributed by atoms with E-state index in [1.807, 2.05) is 0 Å². The molecular weight excluding hydrogens is 217 g/mol. The van der Waals surface area contributed by atoms with Crippen LogP contribution in [0, 0.1) is 0 Å². The summed E-state index contributed by atoms with van der Waals surface area (Å²) in [6.45, 7) is 0. The monoisotopic (exact) mass is 224 g/mol. The third-order valence-electron chi connectivity index (χ3n) is 1.70. The molecule has 0 spiro atoms. The molecule has 0 saturated heterocycles. The SMILES string of the molecule is NNC(c1ccc(Cl)cc1)C(F)(F)F. The van der Waals surface area contributed by atoms with E-state index in [4.69, 9.17) is 17.4 Å². The fourth-order valence-corrected chi connectivity index (χ4v) is 1.16. The van der Waals surface area contributed by atoms with Crippen molar-refractivity contribution in [3.63, 3.8) is 0 Å². The molecule has 3 N–H and O–H groups in total. The van der Waals surface area contributed by atoms with Crippen LogP contribution in [0.4, 0.5) is 13.2 Å². The molecule has 1 atom stereocenters. The average Bonchev–Trinajstić information content (AvgIpc) is 2.07. The molecule has 0 saturated carbocycles. The quantitative estimate of drug-likeness (QED) is 0.598. The van der Waals surface area contributed by atoms with Gasteiger partial charge in [0, 0.05) is 5.02 Å². The van der Waals surface area contributed by atoms with Crippen LogP contribution in [0.1, 0.15) is 11.6 Å². The third-order valence-corrected chi connectivity index (χ3v) is 1.95. The lowest BCUT2D eigenvalue weighted by Crippen LogP contribution is -2.38. The molecule has 0 aromatic heterocycles. The molecule has 1 aromatic rings. The van der Waals surface area contributed by atoms with Gasteiger partial charge in [-0.2, -0.15) is 13.2 Å². The van der Waals surface area contributed by atoms with E-state index in [-0.39, 0.29) is 5.56 Å². The van der Waals surface area contributed by atoms with Gasteiger partial charge in [0.05, 0.1) is 0 Å². The van der Waals surface area contributed by atoms with Crippen molar-refractivity contribution in [1.29, 1.82) is 0 Å². The van der Waals surface area contributed by atoms with Crippen LogP contribution in [-0.2, 0) is 0 Å². The summed E-state index contributed by atoms with van der Waals surface area (Å²) in [7, 11) is 0. The molecule has 1 aromatic carbocycles. The zero-order valence-corrected chi connectivity index (χ0v) is 7.73. The van der Waals surface area contributed by atoms with Gasteiger partial charge in [-0.15, -0.1) is 0 Å². The highest BCUT2D eigenvalue weighted by atomic mass is 35.5. The molecule has 0 aliphatic rings. The van der Waals surface area contributed by atoms with Gasteiger partial charge >= 0.3 is 6.18 Å². The molecule has 2 nitrogen and oxygen atoms in total. The standard InChI is InChI=1S/C8H8ClF3N2/c9-6-3-1-5(2-4-6)7(14-13)8(10,11)12/h1-4,7,14H,13H2. The Balaban J connectivity index is 2.96. The summed E-state index contributed by atoms with van der Waals surface area (Å²) < 4.78 is 37.0. The van der Waals surface area contributed by atoms with Crippen LogP contribution in [0.25, 0.3) is 0 Å². The normalized spacial score (nSPS) is 14.1. The first-order valence-corrected chi connectivity index (χ1v) is 4.11. The minimum atomic E-state index is -4.41. The van der Waals surface area contributed by atoms with Crippen molar-refractivity contribution < 1.29 is 13.2 Å². The molecule has 0 aliphatic carbocycles. The van der Waals surface area contributed by atoms with E-state index in [0.29, 0.717) is 5.02 Å². The fourth-order valence-electron chi connectivity index (χ4n) is 1.03. The van der Waals surface area contributed by atoms with Crippen LogP contribution in [0.5, 0.6) is 0 Å². The Bertz CT molecular complexity index is 296. The molecule has 6 heteroatoms. The molecule has 1 unspecified atom stereocenters. The Kier molecular flexibility index (Phi) is 3.36. The van der Waals surface area contributed by atoms with Gasteiger partial charge < -0.3 is 0 Å². The number of nitrogens with two attached hydrogens (primary N) is 1. The molecule has 0 amide bonds. The summed E-state index contributed by atoms with van der Waals surface area (Å²) >= 11 is 5.54. The molecule has 78 valence electrons. The Morgan fingerprint density at radius 3 is 2.07 bits per heavy atom. The number of hydrazine groups is 1. The minimum Gasteiger partial charge on any atom is -0.271 e. The average molecular weight is 225 g/mol. The van der Waals surface area contributed by atoms with Crippen LogP contribution in [-0.4, -0.2) is 6.18 Å². The Hall–Kier alpha value is -0.780. The van der Waals surface area contributed by atoms with Crippen molar-refractivity contribution in [2.75, 3.05) is 0 Å². The minimum absolute atomic E-state index is 0.0319. The van der Waals surface area contributed by atoms with E-state index in [9.17, 15) is 13.2 Å². The lowest BCUT2D eigenvalue weighted by molar-refractivity contribution is -0.157. The maximum absolute atomic E-state index is 12.3. The number of hydrogen-bond donors (Lipinski definition) is 2.